The lowest BCUT2D eigenvalue weighted by atomic mass is 9.94. The highest BCUT2D eigenvalue weighted by Gasteiger charge is 2.37. The predicted octanol–water partition coefficient (Wildman–Crippen LogP) is 2.28. The zero-order valence-corrected chi connectivity index (χ0v) is 11.8. The van der Waals surface area contributed by atoms with Crippen molar-refractivity contribution >= 4 is 5.97 Å². The number of nitrogens with one attached hydrogen (secondary N) is 1. The van der Waals surface area contributed by atoms with Crippen molar-refractivity contribution < 1.29 is 27.4 Å². The van der Waals surface area contributed by atoms with Crippen LogP contribution in [0.1, 0.15) is 34.1 Å². The lowest BCUT2D eigenvalue weighted by molar-refractivity contribution is -0.186. The Morgan fingerprint density at radius 3 is 2.32 bits per heavy atom. The molecule has 7 heteroatoms. The third kappa shape index (κ3) is 7.37. The maximum atomic E-state index is 12.0. The molecule has 0 aromatic rings. The van der Waals surface area contributed by atoms with Crippen molar-refractivity contribution in [2.45, 2.75) is 51.9 Å². The zero-order valence-electron chi connectivity index (χ0n) is 11.8. The number of rotatable bonds is 8. The average Bonchev–Trinajstić information content (AvgIpc) is 2.26. The Labute approximate surface area is 111 Å². The molecule has 0 aromatic carbocycles. The molecule has 0 bridgehead atoms. The summed E-state index contributed by atoms with van der Waals surface area (Å²) >= 11 is 0. The van der Waals surface area contributed by atoms with Gasteiger partial charge in [0.2, 0.25) is 0 Å². The fourth-order valence-corrected chi connectivity index (χ4v) is 1.78. The molecule has 2 atom stereocenters. The highest BCUT2D eigenvalue weighted by molar-refractivity contribution is 5.80. The van der Waals surface area contributed by atoms with Crippen molar-refractivity contribution in [2.24, 2.45) is 0 Å². The molecule has 4 nitrogen and oxygen atoms in total. The number of carbonyl (C=O) groups is 1. The molecule has 2 unspecified atom stereocenters. The van der Waals surface area contributed by atoms with Gasteiger partial charge in [0.05, 0.1) is 12.7 Å². The predicted molar refractivity (Wildman–Crippen MR) is 64.8 cm³/mol. The van der Waals surface area contributed by atoms with Crippen LogP contribution < -0.4 is 5.32 Å². The first-order chi connectivity index (χ1) is 8.64. The summed E-state index contributed by atoms with van der Waals surface area (Å²) in [5, 5.41) is 2.94. The summed E-state index contributed by atoms with van der Waals surface area (Å²) in [6.07, 6.45) is -4.97. The van der Waals surface area contributed by atoms with E-state index in [4.69, 9.17) is 9.47 Å². The molecule has 0 saturated heterocycles. The molecule has 0 aliphatic rings. The molecule has 0 spiro atoms. The number of alkyl halides is 3. The number of hydrogen-bond acceptors (Lipinski definition) is 4. The van der Waals surface area contributed by atoms with Crippen LogP contribution in [0.2, 0.25) is 0 Å². The topological polar surface area (TPSA) is 47.6 Å². The lowest BCUT2D eigenvalue weighted by Crippen LogP contribution is -2.52. The van der Waals surface area contributed by atoms with E-state index in [2.05, 4.69) is 5.32 Å². The summed E-state index contributed by atoms with van der Waals surface area (Å²) in [5.41, 5.74) is -1.05. The molecule has 0 aromatic heterocycles. The molecule has 0 radical (unpaired) electrons. The number of hydrogen-bond donors (Lipinski definition) is 1. The Morgan fingerprint density at radius 1 is 1.32 bits per heavy atom. The lowest BCUT2D eigenvalue weighted by Gasteiger charge is -2.30. The Kier molecular flexibility index (Phi) is 7.36. The highest BCUT2D eigenvalue weighted by Crippen LogP contribution is 2.20. The van der Waals surface area contributed by atoms with Crippen molar-refractivity contribution in [1.82, 2.24) is 5.32 Å². The van der Waals surface area contributed by atoms with Gasteiger partial charge in [-0.3, -0.25) is 4.79 Å². The van der Waals surface area contributed by atoms with Gasteiger partial charge in [0.15, 0.2) is 0 Å². The number of likely N-dealkylation sites (N-methyl/N-ethyl adjacent to an activating group) is 1. The molecule has 0 amide bonds. The van der Waals surface area contributed by atoms with E-state index in [1.165, 1.54) is 6.92 Å². The minimum absolute atomic E-state index is 0.107. The largest absolute Gasteiger partial charge is 0.465 e. The van der Waals surface area contributed by atoms with E-state index >= 15 is 0 Å². The zero-order chi connectivity index (χ0) is 15.1. The van der Waals surface area contributed by atoms with Crippen LogP contribution in [-0.2, 0) is 14.3 Å². The normalized spacial score (nSPS) is 16.8. The number of halogens is 3. The summed E-state index contributed by atoms with van der Waals surface area (Å²) in [4.78, 5) is 11.8. The molecule has 0 aliphatic heterocycles. The first-order valence-electron chi connectivity index (χ1n) is 6.25. The Bertz CT molecular complexity index is 284. The van der Waals surface area contributed by atoms with Gasteiger partial charge in [-0.2, -0.15) is 13.2 Å². The second-order valence-electron chi connectivity index (χ2n) is 4.52. The van der Waals surface area contributed by atoms with E-state index in [-0.39, 0.29) is 13.0 Å². The number of carbonyl (C=O) groups excluding carboxylic acids is 1. The van der Waals surface area contributed by atoms with Crippen molar-refractivity contribution in [3.8, 4) is 0 Å². The molecule has 1 N–H and O–H groups in total. The van der Waals surface area contributed by atoms with Crippen LogP contribution >= 0.6 is 0 Å². The molecular formula is C12H22F3NO3. The number of esters is 1. The van der Waals surface area contributed by atoms with Gasteiger partial charge in [0.1, 0.15) is 12.1 Å². The second-order valence-corrected chi connectivity index (χ2v) is 4.52. The molecule has 0 heterocycles. The van der Waals surface area contributed by atoms with Crippen LogP contribution in [-0.4, -0.2) is 43.5 Å². The monoisotopic (exact) mass is 285 g/mol. The van der Waals surface area contributed by atoms with E-state index in [9.17, 15) is 18.0 Å². The minimum Gasteiger partial charge on any atom is -0.465 e. The van der Waals surface area contributed by atoms with Gasteiger partial charge in [-0.15, -0.1) is 0 Å². The fourth-order valence-electron chi connectivity index (χ4n) is 1.78. The van der Waals surface area contributed by atoms with Crippen LogP contribution in [0.3, 0.4) is 0 Å². The summed E-state index contributed by atoms with van der Waals surface area (Å²) < 4.78 is 45.8. The molecule has 0 aliphatic carbocycles. The number of ether oxygens (including phenoxy) is 2. The van der Waals surface area contributed by atoms with Gasteiger partial charge in [-0.05, 0) is 27.3 Å². The molecular weight excluding hydrogens is 263 g/mol. The van der Waals surface area contributed by atoms with Crippen LogP contribution in [0.5, 0.6) is 0 Å². The maximum absolute atomic E-state index is 12.0. The van der Waals surface area contributed by atoms with E-state index < -0.39 is 30.4 Å². The SMILES string of the molecule is CCNC(C)(CC(C)OCC(F)(F)F)C(=O)OCC. The average molecular weight is 285 g/mol. The van der Waals surface area contributed by atoms with Gasteiger partial charge < -0.3 is 14.8 Å². The van der Waals surface area contributed by atoms with Crippen molar-refractivity contribution in [2.75, 3.05) is 19.8 Å². The van der Waals surface area contributed by atoms with Crippen molar-refractivity contribution in [1.29, 1.82) is 0 Å². The van der Waals surface area contributed by atoms with E-state index in [0.717, 1.165) is 0 Å². The van der Waals surface area contributed by atoms with E-state index in [1.54, 1.807) is 20.8 Å². The maximum Gasteiger partial charge on any atom is 0.411 e. The smallest absolute Gasteiger partial charge is 0.411 e. The second kappa shape index (κ2) is 7.69. The van der Waals surface area contributed by atoms with Gasteiger partial charge in [-0.25, -0.2) is 0 Å². The van der Waals surface area contributed by atoms with Gasteiger partial charge >= 0.3 is 12.1 Å². The van der Waals surface area contributed by atoms with Crippen molar-refractivity contribution in [3.05, 3.63) is 0 Å². The van der Waals surface area contributed by atoms with Crippen molar-refractivity contribution in [3.63, 3.8) is 0 Å². The quantitative estimate of drug-likeness (QED) is 0.695. The third-order valence-electron chi connectivity index (χ3n) is 2.52. The molecule has 114 valence electrons. The van der Waals surface area contributed by atoms with Crippen LogP contribution in [0, 0.1) is 0 Å². The van der Waals surface area contributed by atoms with E-state index in [0.29, 0.717) is 6.54 Å². The van der Waals surface area contributed by atoms with Gasteiger partial charge in [0, 0.05) is 6.42 Å². The molecule has 0 rings (SSSR count). The van der Waals surface area contributed by atoms with E-state index in [1.807, 2.05) is 0 Å². The van der Waals surface area contributed by atoms with Gasteiger partial charge in [0.25, 0.3) is 0 Å². The van der Waals surface area contributed by atoms with Crippen LogP contribution in [0.15, 0.2) is 0 Å². The molecule has 19 heavy (non-hydrogen) atoms. The highest BCUT2D eigenvalue weighted by atomic mass is 19.4. The molecule has 0 fully saturated rings. The summed E-state index contributed by atoms with van der Waals surface area (Å²) in [6, 6.07) is 0. The van der Waals surface area contributed by atoms with Gasteiger partial charge in [-0.1, -0.05) is 6.92 Å². The Hall–Kier alpha value is -0.820. The summed E-state index contributed by atoms with van der Waals surface area (Å²) in [6.45, 7) is 5.98. The third-order valence-corrected chi connectivity index (χ3v) is 2.52. The Balaban J connectivity index is 4.52. The summed E-state index contributed by atoms with van der Waals surface area (Å²) in [5.74, 6) is -0.487. The first kappa shape index (κ1) is 18.2. The van der Waals surface area contributed by atoms with Crippen LogP contribution in [0.25, 0.3) is 0 Å². The Morgan fingerprint density at radius 2 is 1.89 bits per heavy atom. The summed E-state index contributed by atoms with van der Waals surface area (Å²) in [7, 11) is 0. The standard InChI is InChI=1S/C12H22F3NO3/c1-5-16-11(4,10(17)18-6-2)7-9(3)19-8-12(13,14)15/h9,16H,5-8H2,1-4H3. The molecule has 0 saturated carbocycles. The first-order valence-corrected chi connectivity index (χ1v) is 6.25. The van der Waals surface area contributed by atoms with Crippen LogP contribution in [0.4, 0.5) is 13.2 Å². The minimum atomic E-state index is -4.37. The fraction of sp³-hybridized carbons (Fsp3) is 0.917.